The number of hydrogen-bond acceptors (Lipinski definition) is 8. The van der Waals surface area contributed by atoms with Gasteiger partial charge in [0.2, 0.25) is 0 Å². The Kier molecular flexibility index (Phi) is 8.97. The second-order valence-corrected chi connectivity index (χ2v) is 7.70. The van der Waals surface area contributed by atoms with E-state index >= 15 is 0 Å². The van der Waals surface area contributed by atoms with E-state index in [1.807, 2.05) is 12.1 Å². The number of aliphatic hydroxyl groups is 2. The molecule has 8 nitrogen and oxygen atoms in total. The quantitative estimate of drug-likeness (QED) is 0.554. The lowest BCUT2D eigenvalue weighted by Crippen LogP contribution is -2.46. The summed E-state index contributed by atoms with van der Waals surface area (Å²) < 4.78 is 16.7. The molecule has 0 bridgehead atoms. The minimum absolute atomic E-state index is 0.222. The van der Waals surface area contributed by atoms with E-state index in [1.165, 1.54) is 5.56 Å². The van der Waals surface area contributed by atoms with E-state index in [0.29, 0.717) is 18.0 Å². The van der Waals surface area contributed by atoms with Crippen LogP contribution in [0.3, 0.4) is 0 Å². The van der Waals surface area contributed by atoms with Crippen LogP contribution in [0.15, 0.2) is 18.2 Å². The molecule has 0 saturated carbocycles. The normalized spacial score (nSPS) is 20.5. The maximum Gasteiger partial charge on any atom is 0.161 e. The van der Waals surface area contributed by atoms with Gasteiger partial charge < -0.3 is 24.4 Å². The van der Waals surface area contributed by atoms with Crippen LogP contribution in [-0.2, 0) is 11.3 Å². The highest BCUT2D eigenvalue weighted by atomic mass is 16.5. The fourth-order valence-electron chi connectivity index (χ4n) is 3.82. The largest absolute Gasteiger partial charge is 0.493 e. The van der Waals surface area contributed by atoms with Crippen molar-refractivity contribution in [2.24, 2.45) is 0 Å². The Morgan fingerprint density at radius 1 is 1.00 bits per heavy atom. The molecule has 2 heterocycles. The monoisotopic (exact) mass is 409 g/mol. The first kappa shape index (κ1) is 22.3. The van der Waals surface area contributed by atoms with E-state index in [2.05, 4.69) is 20.8 Å². The number of nitrogens with zero attached hydrogens (tertiary/aromatic N) is 3. The fraction of sp³-hybridized carbons (Fsp3) is 0.714. The molecule has 2 aliphatic heterocycles. The predicted molar refractivity (Wildman–Crippen MR) is 111 cm³/mol. The third-order valence-corrected chi connectivity index (χ3v) is 5.52. The molecule has 2 fully saturated rings. The van der Waals surface area contributed by atoms with Gasteiger partial charge in [-0.2, -0.15) is 0 Å². The van der Waals surface area contributed by atoms with Crippen molar-refractivity contribution in [1.82, 2.24) is 14.7 Å². The molecule has 164 valence electrons. The molecular weight excluding hydrogens is 374 g/mol. The van der Waals surface area contributed by atoms with Crippen molar-refractivity contribution in [1.29, 1.82) is 0 Å². The Balaban J connectivity index is 1.47. The number of piperazine rings is 1. The number of aliphatic hydroxyl groups excluding tert-OH is 2. The summed E-state index contributed by atoms with van der Waals surface area (Å²) in [7, 11) is 1.64. The van der Waals surface area contributed by atoms with Gasteiger partial charge in [-0.3, -0.25) is 14.7 Å². The number of rotatable bonds is 10. The number of methoxy groups -OCH3 is 1. The maximum absolute atomic E-state index is 10.3. The zero-order valence-electron chi connectivity index (χ0n) is 17.5. The zero-order chi connectivity index (χ0) is 20.5. The van der Waals surface area contributed by atoms with Gasteiger partial charge in [0.05, 0.1) is 26.9 Å². The molecule has 29 heavy (non-hydrogen) atoms. The summed E-state index contributed by atoms with van der Waals surface area (Å²) in [5, 5.41) is 19.3. The molecule has 2 saturated heterocycles. The van der Waals surface area contributed by atoms with Crippen molar-refractivity contribution in [2.75, 3.05) is 85.9 Å². The molecule has 0 spiro atoms. The van der Waals surface area contributed by atoms with Gasteiger partial charge in [-0.05, 0) is 17.7 Å². The molecule has 1 atom stereocenters. The van der Waals surface area contributed by atoms with Crippen molar-refractivity contribution in [2.45, 2.75) is 12.6 Å². The van der Waals surface area contributed by atoms with Gasteiger partial charge >= 0.3 is 0 Å². The molecule has 8 heteroatoms. The molecule has 3 rings (SSSR count). The maximum atomic E-state index is 10.3. The average molecular weight is 410 g/mol. The highest BCUT2D eigenvalue weighted by molar-refractivity contribution is 5.43. The SMILES string of the molecule is COc1cc(CN2CCN(CCO)CC2)ccc1OCC(O)CN1CCOCC1. The summed E-state index contributed by atoms with van der Waals surface area (Å²) in [4.78, 5) is 6.89. The topological polar surface area (TPSA) is 77.9 Å². The van der Waals surface area contributed by atoms with E-state index < -0.39 is 6.10 Å². The third kappa shape index (κ3) is 7.09. The second-order valence-electron chi connectivity index (χ2n) is 7.70. The zero-order valence-corrected chi connectivity index (χ0v) is 17.5. The summed E-state index contributed by atoms with van der Waals surface area (Å²) in [6, 6.07) is 6.01. The summed E-state index contributed by atoms with van der Waals surface area (Å²) in [5.41, 5.74) is 1.18. The lowest BCUT2D eigenvalue weighted by Gasteiger charge is -2.34. The first-order valence-electron chi connectivity index (χ1n) is 10.5. The van der Waals surface area contributed by atoms with E-state index in [9.17, 15) is 5.11 Å². The number of β-amino-alcohol motifs (C(OH)–C–C–N with tert-alkyl or cyclic N) is 2. The van der Waals surface area contributed by atoms with Crippen molar-refractivity contribution in [3.8, 4) is 11.5 Å². The third-order valence-electron chi connectivity index (χ3n) is 5.52. The fourth-order valence-corrected chi connectivity index (χ4v) is 3.82. The van der Waals surface area contributed by atoms with Gasteiger partial charge in [0, 0.05) is 58.9 Å². The van der Waals surface area contributed by atoms with Crippen LogP contribution in [0.4, 0.5) is 0 Å². The van der Waals surface area contributed by atoms with Crippen LogP contribution in [0, 0.1) is 0 Å². The van der Waals surface area contributed by atoms with E-state index in [-0.39, 0.29) is 13.2 Å². The summed E-state index contributed by atoms with van der Waals surface area (Å²) in [6.07, 6.45) is -0.548. The van der Waals surface area contributed by atoms with Crippen LogP contribution in [0.25, 0.3) is 0 Å². The van der Waals surface area contributed by atoms with E-state index in [0.717, 1.165) is 65.6 Å². The van der Waals surface area contributed by atoms with Gasteiger partial charge in [-0.25, -0.2) is 0 Å². The Bertz CT molecular complexity index is 604. The number of ether oxygens (including phenoxy) is 3. The van der Waals surface area contributed by atoms with Gasteiger partial charge in [0.25, 0.3) is 0 Å². The number of benzene rings is 1. The molecule has 0 amide bonds. The molecule has 1 aromatic carbocycles. The Labute approximate surface area is 173 Å². The molecular formula is C21H35N3O5. The molecule has 0 aromatic heterocycles. The van der Waals surface area contributed by atoms with Crippen molar-refractivity contribution < 1.29 is 24.4 Å². The summed E-state index contributed by atoms with van der Waals surface area (Å²) in [5.74, 6) is 1.35. The standard InChI is InChI=1S/C21H35N3O5/c1-27-21-14-18(15-23-6-4-22(5-7-23)8-11-25)2-3-20(21)29-17-19(26)16-24-9-12-28-13-10-24/h2-3,14,19,25-26H,4-13,15-17H2,1H3. The Hall–Kier alpha value is -1.42. The van der Waals surface area contributed by atoms with Crippen molar-refractivity contribution >= 4 is 0 Å². The summed E-state index contributed by atoms with van der Waals surface area (Å²) in [6.45, 7) is 9.77. The molecule has 0 radical (unpaired) electrons. The van der Waals surface area contributed by atoms with Crippen LogP contribution >= 0.6 is 0 Å². The van der Waals surface area contributed by atoms with E-state index in [1.54, 1.807) is 7.11 Å². The molecule has 0 aliphatic carbocycles. The van der Waals surface area contributed by atoms with E-state index in [4.69, 9.17) is 19.3 Å². The summed E-state index contributed by atoms with van der Waals surface area (Å²) >= 11 is 0. The Morgan fingerprint density at radius 2 is 1.72 bits per heavy atom. The lowest BCUT2D eigenvalue weighted by atomic mass is 10.1. The molecule has 1 aromatic rings. The molecule has 2 aliphatic rings. The highest BCUT2D eigenvalue weighted by Gasteiger charge is 2.18. The van der Waals surface area contributed by atoms with Gasteiger partial charge in [-0.15, -0.1) is 0 Å². The van der Waals surface area contributed by atoms with Crippen LogP contribution in [-0.4, -0.2) is 117 Å². The van der Waals surface area contributed by atoms with Crippen LogP contribution in [0.5, 0.6) is 11.5 Å². The van der Waals surface area contributed by atoms with Gasteiger partial charge in [0.15, 0.2) is 11.5 Å². The number of morpholine rings is 1. The van der Waals surface area contributed by atoms with Crippen molar-refractivity contribution in [3.63, 3.8) is 0 Å². The van der Waals surface area contributed by atoms with Crippen LogP contribution in [0.1, 0.15) is 5.56 Å². The van der Waals surface area contributed by atoms with Gasteiger partial charge in [0.1, 0.15) is 12.7 Å². The molecule has 2 N–H and O–H groups in total. The van der Waals surface area contributed by atoms with Gasteiger partial charge in [-0.1, -0.05) is 6.07 Å². The minimum Gasteiger partial charge on any atom is -0.493 e. The number of hydrogen-bond donors (Lipinski definition) is 2. The second kappa shape index (κ2) is 11.7. The first-order chi connectivity index (χ1) is 14.2. The smallest absolute Gasteiger partial charge is 0.161 e. The highest BCUT2D eigenvalue weighted by Crippen LogP contribution is 2.29. The first-order valence-corrected chi connectivity index (χ1v) is 10.5. The minimum atomic E-state index is -0.548. The average Bonchev–Trinajstić information content (AvgIpc) is 2.75. The lowest BCUT2D eigenvalue weighted by molar-refractivity contribution is 0.00445. The van der Waals surface area contributed by atoms with Crippen molar-refractivity contribution in [3.05, 3.63) is 23.8 Å². The Morgan fingerprint density at radius 3 is 2.41 bits per heavy atom. The molecule has 1 unspecified atom stereocenters. The van der Waals surface area contributed by atoms with Crippen LogP contribution < -0.4 is 9.47 Å². The van der Waals surface area contributed by atoms with Crippen LogP contribution in [0.2, 0.25) is 0 Å². The predicted octanol–water partition coefficient (Wildman–Crippen LogP) is -0.123.